The minimum absolute atomic E-state index is 0.0737. The topological polar surface area (TPSA) is 67.0 Å². The van der Waals surface area contributed by atoms with Crippen molar-refractivity contribution in [2.24, 2.45) is 0 Å². The average Bonchev–Trinajstić information content (AvgIpc) is 3.04. The number of carbonyl (C=O) groups excluding carboxylic acids is 1. The van der Waals surface area contributed by atoms with E-state index >= 15 is 0 Å². The van der Waals surface area contributed by atoms with Gasteiger partial charge in [0.05, 0.1) is 11.4 Å². The number of para-hydroxylation sites is 1. The smallest absolute Gasteiger partial charge is 0.262 e. The Morgan fingerprint density at radius 2 is 2.00 bits per heavy atom. The van der Waals surface area contributed by atoms with Gasteiger partial charge in [0.15, 0.2) is 6.61 Å². The van der Waals surface area contributed by atoms with Crippen LogP contribution in [0.1, 0.15) is 19.0 Å². The number of aryl methyl sites for hydroxylation is 1. The van der Waals surface area contributed by atoms with E-state index in [2.05, 4.69) is 22.4 Å². The lowest BCUT2D eigenvalue weighted by molar-refractivity contribution is -0.118. The van der Waals surface area contributed by atoms with E-state index in [4.69, 9.17) is 16.3 Å². The molecule has 1 amide bonds. The van der Waals surface area contributed by atoms with Gasteiger partial charge in [-0.15, -0.1) is 0 Å². The summed E-state index contributed by atoms with van der Waals surface area (Å²) in [4.78, 5) is 12.4. The number of nitrogens with zero attached hydrogens (tertiary/aromatic N) is 1. The van der Waals surface area contributed by atoms with Gasteiger partial charge in [0.25, 0.3) is 5.91 Å². The van der Waals surface area contributed by atoms with Crippen molar-refractivity contribution in [1.29, 1.82) is 0 Å². The molecule has 0 saturated heterocycles. The summed E-state index contributed by atoms with van der Waals surface area (Å²) in [5.74, 6) is 0.412. The van der Waals surface area contributed by atoms with Crippen LogP contribution in [0, 0.1) is 0 Å². The van der Waals surface area contributed by atoms with Gasteiger partial charge < -0.3 is 10.1 Å². The first kappa shape index (κ1) is 18.0. The van der Waals surface area contributed by atoms with Crippen molar-refractivity contribution < 1.29 is 9.53 Å². The van der Waals surface area contributed by atoms with Crippen LogP contribution in [0.4, 0.5) is 5.69 Å². The molecule has 5 nitrogen and oxygen atoms in total. The number of aromatic amines is 1. The minimum Gasteiger partial charge on any atom is -0.484 e. The Labute approximate surface area is 157 Å². The fourth-order valence-electron chi connectivity index (χ4n) is 2.63. The van der Waals surface area contributed by atoms with E-state index in [0.717, 1.165) is 24.1 Å². The van der Waals surface area contributed by atoms with E-state index in [1.165, 1.54) is 0 Å². The third kappa shape index (κ3) is 4.43. The van der Waals surface area contributed by atoms with Gasteiger partial charge in [-0.2, -0.15) is 5.10 Å². The molecule has 2 aromatic carbocycles. The predicted molar refractivity (Wildman–Crippen MR) is 104 cm³/mol. The van der Waals surface area contributed by atoms with Gasteiger partial charge in [0.1, 0.15) is 11.4 Å². The van der Waals surface area contributed by atoms with Crippen LogP contribution in [-0.4, -0.2) is 22.7 Å². The molecule has 0 unspecified atom stereocenters. The molecule has 0 saturated carbocycles. The molecule has 0 fully saturated rings. The highest BCUT2D eigenvalue weighted by atomic mass is 35.5. The Hall–Kier alpha value is -2.79. The number of amides is 1. The zero-order valence-electron chi connectivity index (χ0n) is 14.5. The van der Waals surface area contributed by atoms with Crippen LogP contribution in [0.5, 0.6) is 5.75 Å². The maximum absolute atomic E-state index is 12.4. The number of nitrogens with one attached hydrogen (secondary N) is 2. The molecule has 0 aliphatic heterocycles. The van der Waals surface area contributed by atoms with Crippen LogP contribution in [0.2, 0.25) is 5.02 Å². The molecule has 0 spiro atoms. The van der Waals surface area contributed by atoms with Crippen LogP contribution in [0.25, 0.3) is 11.3 Å². The van der Waals surface area contributed by atoms with E-state index in [1.54, 1.807) is 6.07 Å². The second kappa shape index (κ2) is 8.54. The molecule has 0 bridgehead atoms. The Balaban J connectivity index is 1.78. The number of aromatic nitrogens is 2. The molecule has 0 atom stereocenters. The van der Waals surface area contributed by atoms with Crippen LogP contribution < -0.4 is 10.1 Å². The monoisotopic (exact) mass is 369 g/mol. The summed E-state index contributed by atoms with van der Waals surface area (Å²) in [5.41, 5.74) is 3.07. The second-order valence-corrected chi connectivity index (χ2v) is 6.27. The number of H-pyrrole nitrogens is 1. The van der Waals surface area contributed by atoms with E-state index < -0.39 is 0 Å². The first-order valence-corrected chi connectivity index (χ1v) is 8.86. The van der Waals surface area contributed by atoms with Gasteiger partial charge in [-0.05, 0) is 30.7 Å². The van der Waals surface area contributed by atoms with Gasteiger partial charge in [-0.1, -0.05) is 55.3 Å². The lowest BCUT2D eigenvalue weighted by Crippen LogP contribution is -2.21. The van der Waals surface area contributed by atoms with Gasteiger partial charge in [-0.25, -0.2) is 0 Å². The van der Waals surface area contributed by atoms with E-state index in [-0.39, 0.29) is 12.5 Å². The van der Waals surface area contributed by atoms with Crippen molar-refractivity contribution in [2.45, 2.75) is 19.8 Å². The zero-order valence-corrected chi connectivity index (χ0v) is 15.2. The summed E-state index contributed by atoms with van der Waals surface area (Å²) in [7, 11) is 0. The summed E-state index contributed by atoms with van der Waals surface area (Å²) in [6, 6.07) is 16.6. The molecular formula is C20H20ClN3O2. The SMILES string of the molecule is CCCc1[nH]nc(-c2cccc(Cl)c2)c1NC(=O)COc1ccccc1. The summed E-state index contributed by atoms with van der Waals surface area (Å²) < 4.78 is 5.52. The summed E-state index contributed by atoms with van der Waals surface area (Å²) >= 11 is 6.09. The van der Waals surface area contributed by atoms with Crippen molar-refractivity contribution in [3.8, 4) is 17.0 Å². The van der Waals surface area contributed by atoms with Crippen LogP contribution >= 0.6 is 11.6 Å². The van der Waals surface area contributed by atoms with Crippen molar-refractivity contribution in [2.75, 3.05) is 11.9 Å². The lowest BCUT2D eigenvalue weighted by atomic mass is 10.1. The average molecular weight is 370 g/mol. The van der Waals surface area contributed by atoms with E-state index in [0.29, 0.717) is 22.2 Å². The molecule has 6 heteroatoms. The molecule has 0 aliphatic carbocycles. The third-order valence-corrected chi connectivity index (χ3v) is 4.05. The first-order chi connectivity index (χ1) is 12.7. The first-order valence-electron chi connectivity index (χ1n) is 8.48. The quantitative estimate of drug-likeness (QED) is 0.634. The van der Waals surface area contributed by atoms with Gasteiger partial charge in [-0.3, -0.25) is 9.89 Å². The van der Waals surface area contributed by atoms with Gasteiger partial charge >= 0.3 is 0 Å². The summed E-state index contributed by atoms with van der Waals surface area (Å²) in [5, 5.41) is 11.0. The number of rotatable bonds is 7. The Morgan fingerprint density at radius 3 is 2.73 bits per heavy atom. The van der Waals surface area contributed by atoms with Crippen molar-refractivity contribution in [1.82, 2.24) is 10.2 Å². The molecule has 3 aromatic rings. The normalized spacial score (nSPS) is 10.5. The number of hydrogen-bond acceptors (Lipinski definition) is 3. The number of anilines is 1. The molecule has 0 radical (unpaired) electrons. The maximum atomic E-state index is 12.4. The highest BCUT2D eigenvalue weighted by Gasteiger charge is 2.17. The molecular weight excluding hydrogens is 350 g/mol. The van der Waals surface area contributed by atoms with Gasteiger partial charge in [0, 0.05) is 10.6 Å². The predicted octanol–water partition coefficient (Wildman–Crippen LogP) is 4.70. The molecule has 134 valence electrons. The fourth-order valence-corrected chi connectivity index (χ4v) is 2.82. The highest BCUT2D eigenvalue weighted by molar-refractivity contribution is 6.30. The fraction of sp³-hybridized carbons (Fsp3) is 0.200. The number of halogens is 1. The summed E-state index contributed by atoms with van der Waals surface area (Å²) in [6.45, 7) is 2.00. The van der Waals surface area contributed by atoms with Crippen molar-refractivity contribution in [3.63, 3.8) is 0 Å². The van der Waals surface area contributed by atoms with E-state index in [9.17, 15) is 4.79 Å². The highest BCUT2D eigenvalue weighted by Crippen LogP contribution is 2.31. The Kier molecular flexibility index (Phi) is 5.92. The molecule has 1 aromatic heterocycles. The number of benzene rings is 2. The molecule has 2 N–H and O–H groups in total. The molecule has 3 rings (SSSR count). The number of ether oxygens (including phenoxy) is 1. The lowest BCUT2D eigenvalue weighted by Gasteiger charge is -2.10. The molecule has 1 heterocycles. The van der Waals surface area contributed by atoms with Crippen LogP contribution in [-0.2, 0) is 11.2 Å². The number of hydrogen-bond donors (Lipinski definition) is 2. The van der Waals surface area contributed by atoms with Crippen LogP contribution in [0.15, 0.2) is 54.6 Å². The minimum atomic E-state index is -0.240. The molecule has 26 heavy (non-hydrogen) atoms. The van der Waals surface area contributed by atoms with Crippen molar-refractivity contribution in [3.05, 3.63) is 65.3 Å². The Bertz CT molecular complexity index is 878. The van der Waals surface area contributed by atoms with Crippen LogP contribution in [0.3, 0.4) is 0 Å². The molecule has 0 aliphatic rings. The van der Waals surface area contributed by atoms with Crippen molar-refractivity contribution >= 4 is 23.2 Å². The standard InChI is InChI=1S/C20H20ClN3O2/c1-2-7-17-20(19(24-23-17)14-8-6-9-15(21)12-14)22-18(25)13-26-16-10-4-3-5-11-16/h3-6,8-12H,2,7,13H2,1H3,(H,22,25)(H,23,24). The second-order valence-electron chi connectivity index (χ2n) is 5.84. The van der Waals surface area contributed by atoms with E-state index in [1.807, 2.05) is 48.5 Å². The zero-order chi connectivity index (χ0) is 18.4. The Morgan fingerprint density at radius 1 is 1.19 bits per heavy atom. The number of carbonyl (C=O) groups is 1. The van der Waals surface area contributed by atoms with Gasteiger partial charge in [0.2, 0.25) is 0 Å². The summed E-state index contributed by atoms with van der Waals surface area (Å²) in [6.07, 6.45) is 1.71. The maximum Gasteiger partial charge on any atom is 0.262 e. The third-order valence-electron chi connectivity index (χ3n) is 3.82. The largest absolute Gasteiger partial charge is 0.484 e.